The highest BCUT2D eigenvalue weighted by atomic mass is 19.1. The molecule has 6 nitrogen and oxygen atoms in total. The van der Waals surface area contributed by atoms with E-state index in [9.17, 15) is 14.0 Å². The van der Waals surface area contributed by atoms with Gasteiger partial charge in [0, 0.05) is 24.3 Å². The second kappa shape index (κ2) is 9.67. The number of hydrogen-bond acceptors (Lipinski definition) is 5. The molecule has 3 aromatic carbocycles. The molecule has 4 rings (SSSR count). The first-order chi connectivity index (χ1) is 16.0. The lowest BCUT2D eigenvalue weighted by molar-refractivity contribution is 0.102. The Bertz CT molecular complexity index is 1360. The first kappa shape index (κ1) is 22.2. The fourth-order valence-electron chi connectivity index (χ4n) is 3.50. The first-order valence-corrected chi connectivity index (χ1v) is 10.3. The molecule has 1 N–H and O–H groups in total. The quantitative estimate of drug-likeness (QED) is 0.395. The van der Waals surface area contributed by atoms with Crippen molar-refractivity contribution in [3.05, 3.63) is 93.9 Å². The number of carbonyl (C=O) groups excluding carboxylic acids is 1. The number of rotatable bonds is 7. The van der Waals surface area contributed by atoms with Gasteiger partial charge in [-0.15, -0.1) is 0 Å². The lowest BCUT2D eigenvalue weighted by atomic mass is 10.0. The van der Waals surface area contributed by atoms with Crippen LogP contribution in [0, 0.1) is 12.7 Å². The summed E-state index contributed by atoms with van der Waals surface area (Å²) >= 11 is 0. The van der Waals surface area contributed by atoms with Crippen molar-refractivity contribution < 1.29 is 23.1 Å². The van der Waals surface area contributed by atoms with E-state index < -0.39 is 11.7 Å². The lowest BCUT2D eigenvalue weighted by Gasteiger charge is -2.14. The van der Waals surface area contributed by atoms with Gasteiger partial charge >= 0.3 is 0 Å². The van der Waals surface area contributed by atoms with Gasteiger partial charge in [-0.25, -0.2) is 4.39 Å². The zero-order valence-electron chi connectivity index (χ0n) is 18.2. The molecule has 4 aromatic rings. The van der Waals surface area contributed by atoms with Crippen LogP contribution < -0.4 is 15.5 Å². The monoisotopic (exact) mass is 447 g/mol. The van der Waals surface area contributed by atoms with Gasteiger partial charge in [0.05, 0.1) is 23.2 Å². The van der Waals surface area contributed by atoms with Crippen molar-refractivity contribution in [3.63, 3.8) is 0 Å². The van der Waals surface area contributed by atoms with Crippen LogP contribution in [0.2, 0.25) is 0 Å². The number of fused-ring (bicyclic) bond motifs is 1. The van der Waals surface area contributed by atoms with Gasteiger partial charge in [0.15, 0.2) is 11.0 Å². The van der Waals surface area contributed by atoms with Crippen molar-refractivity contribution in [3.8, 4) is 17.1 Å². The summed E-state index contributed by atoms with van der Waals surface area (Å²) in [5, 5.41) is 2.96. The van der Waals surface area contributed by atoms with Crippen molar-refractivity contribution in [2.75, 3.05) is 25.6 Å². The highest BCUT2D eigenvalue weighted by molar-refractivity contribution is 6.12. The summed E-state index contributed by atoms with van der Waals surface area (Å²) in [6.07, 6.45) is 0. The Labute approximate surface area is 189 Å². The molecule has 0 saturated carbocycles. The van der Waals surface area contributed by atoms with Crippen molar-refractivity contribution in [2.45, 2.75) is 6.92 Å². The van der Waals surface area contributed by atoms with Gasteiger partial charge in [0.1, 0.15) is 23.9 Å². The second-order valence-electron chi connectivity index (χ2n) is 7.37. The maximum absolute atomic E-state index is 13.9. The molecule has 0 saturated heterocycles. The number of benzene rings is 3. The highest BCUT2D eigenvalue weighted by Crippen LogP contribution is 2.29. The molecule has 7 heteroatoms. The van der Waals surface area contributed by atoms with E-state index in [-0.39, 0.29) is 34.3 Å². The average molecular weight is 447 g/mol. The molecule has 0 unspecified atom stereocenters. The standard InChI is InChI=1S/C26H22FNO5/c1-16-23(29)19-9-6-10-20(25(19)33-24(16)17-7-4-3-5-8-17)26(30)28-21-15-18(27)11-12-22(21)32-14-13-31-2/h3-12,15H,13-14H2,1-2H3,(H,28,30). The van der Waals surface area contributed by atoms with Crippen molar-refractivity contribution in [1.82, 2.24) is 0 Å². The van der Waals surface area contributed by atoms with E-state index in [0.29, 0.717) is 23.7 Å². The molecule has 1 amide bonds. The molecular formula is C26H22FNO5. The fraction of sp³-hybridized carbons (Fsp3) is 0.154. The maximum atomic E-state index is 13.9. The summed E-state index contributed by atoms with van der Waals surface area (Å²) < 4.78 is 30.5. The van der Waals surface area contributed by atoms with Crippen LogP contribution in [0.4, 0.5) is 10.1 Å². The third kappa shape index (κ3) is 4.63. The molecule has 0 fully saturated rings. The maximum Gasteiger partial charge on any atom is 0.259 e. The summed E-state index contributed by atoms with van der Waals surface area (Å²) in [5.74, 6) is -0.406. The van der Waals surface area contributed by atoms with Crippen molar-refractivity contribution >= 4 is 22.6 Å². The summed E-state index contributed by atoms with van der Waals surface area (Å²) in [7, 11) is 1.54. The predicted molar refractivity (Wildman–Crippen MR) is 124 cm³/mol. The first-order valence-electron chi connectivity index (χ1n) is 10.3. The summed E-state index contributed by atoms with van der Waals surface area (Å²) in [6.45, 7) is 2.26. The molecule has 0 aliphatic heterocycles. The van der Waals surface area contributed by atoms with Crippen LogP contribution in [0.25, 0.3) is 22.3 Å². The number of carbonyl (C=O) groups is 1. The summed E-state index contributed by atoms with van der Waals surface area (Å²) in [5.41, 5.74) is 1.41. The van der Waals surface area contributed by atoms with Gasteiger partial charge in [0.2, 0.25) is 0 Å². The molecule has 0 aliphatic carbocycles. The molecule has 1 aromatic heterocycles. The predicted octanol–water partition coefficient (Wildman–Crippen LogP) is 5.19. The third-order valence-corrected chi connectivity index (χ3v) is 5.16. The van der Waals surface area contributed by atoms with Crippen LogP contribution in [-0.4, -0.2) is 26.2 Å². The number of para-hydroxylation sites is 1. The summed E-state index contributed by atoms with van der Waals surface area (Å²) in [4.78, 5) is 26.2. The van der Waals surface area contributed by atoms with Crippen LogP contribution in [0.15, 0.2) is 75.9 Å². The molecule has 168 valence electrons. The topological polar surface area (TPSA) is 77.8 Å². The Morgan fingerprint density at radius 1 is 1.03 bits per heavy atom. The smallest absolute Gasteiger partial charge is 0.259 e. The van der Waals surface area contributed by atoms with E-state index in [4.69, 9.17) is 13.9 Å². The van der Waals surface area contributed by atoms with Gasteiger partial charge in [-0.3, -0.25) is 9.59 Å². The van der Waals surface area contributed by atoms with E-state index in [1.54, 1.807) is 25.1 Å². The van der Waals surface area contributed by atoms with Gasteiger partial charge in [0.25, 0.3) is 5.91 Å². The van der Waals surface area contributed by atoms with Gasteiger partial charge in [-0.1, -0.05) is 36.4 Å². The number of halogens is 1. The number of methoxy groups -OCH3 is 1. The number of anilines is 1. The Morgan fingerprint density at radius 3 is 2.58 bits per heavy atom. The minimum atomic E-state index is -0.561. The molecule has 0 bridgehead atoms. The van der Waals surface area contributed by atoms with E-state index in [2.05, 4.69) is 5.32 Å². The molecule has 0 atom stereocenters. The number of nitrogens with one attached hydrogen (secondary N) is 1. The fourth-order valence-corrected chi connectivity index (χ4v) is 3.50. The van der Waals surface area contributed by atoms with E-state index in [1.165, 1.54) is 25.3 Å². The minimum Gasteiger partial charge on any atom is -0.489 e. The van der Waals surface area contributed by atoms with Crippen LogP contribution in [0.5, 0.6) is 5.75 Å². The number of ether oxygens (including phenoxy) is 2. The number of hydrogen-bond donors (Lipinski definition) is 1. The molecular weight excluding hydrogens is 425 g/mol. The second-order valence-corrected chi connectivity index (χ2v) is 7.37. The third-order valence-electron chi connectivity index (χ3n) is 5.16. The van der Waals surface area contributed by atoms with Gasteiger partial charge in [-0.05, 0) is 31.2 Å². The number of amides is 1. The Kier molecular flexibility index (Phi) is 6.51. The van der Waals surface area contributed by atoms with Crippen molar-refractivity contribution in [2.24, 2.45) is 0 Å². The SMILES string of the molecule is COCCOc1ccc(F)cc1NC(=O)c1cccc2c(=O)c(C)c(-c3ccccc3)oc12. The van der Waals surface area contributed by atoms with E-state index in [0.717, 1.165) is 5.56 Å². The Hall–Kier alpha value is -3.97. The Balaban J connectivity index is 1.76. The molecule has 0 radical (unpaired) electrons. The van der Waals surface area contributed by atoms with Crippen LogP contribution in [0.3, 0.4) is 0 Å². The van der Waals surface area contributed by atoms with Crippen LogP contribution >= 0.6 is 0 Å². The van der Waals surface area contributed by atoms with Crippen LogP contribution in [-0.2, 0) is 4.74 Å². The zero-order valence-corrected chi connectivity index (χ0v) is 18.2. The van der Waals surface area contributed by atoms with Crippen molar-refractivity contribution in [1.29, 1.82) is 0 Å². The van der Waals surface area contributed by atoms with Gasteiger partial charge < -0.3 is 19.2 Å². The average Bonchev–Trinajstić information content (AvgIpc) is 2.83. The normalized spacial score (nSPS) is 10.9. The zero-order chi connectivity index (χ0) is 23.4. The largest absolute Gasteiger partial charge is 0.489 e. The molecule has 33 heavy (non-hydrogen) atoms. The highest BCUT2D eigenvalue weighted by Gasteiger charge is 2.19. The molecule has 0 spiro atoms. The van der Waals surface area contributed by atoms with E-state index >= 15 is 0 Å². The van der Waals surface area contributed by atoms with E-state index in [1.807, 2.05) is 30.3 Å². The lowest BCUT2D eigenvalue weighted by Crippen LogP contribution is -2.16. The molecule has 0 aliphatic rings. The minimum absolute atomic E-state index is 0.147. The van der Waals surface area contributed by atoms with Crippen LogP contribution in [0.1, 0.15) is 15.9 Å². The Morgan fingerprint density at radius 2 is 1.82 bits per heavy atom. The summed E-state index contributed by atoms with van der Waals surface area (Å²) in [6, 6.07) is 17.8. The van der Waals surface area contributed by atoms with Gasteiger partial charge in [-0.2, -0.15) is 0 Å². The molecule has 1 heterocycles.